The van der Waals surface area contributed by atoms with Crippen LogP contribution in [-0.2, 0) is 20.3 Å². The van der Waals surface area contributed by atoms with Crippen LogP contribution in [-0.4, -0.2) is 54.9 Å². The van der Waals surface area contributed by atoms with Gasteiger partial charge in [-0.25, -0.2) is 8.42 Å². The molecule has 2 heterocycles. The van der Waals surface area contributed by atoms with Crippen LogP contribution in [0.25, 0.3) is 11.4 Å². The first kappa shape index (κ1) is 19.9. The monoisotopic (exact) mass is 416 g/mol. The quantitative estimate of drug-likeness (QED) is 0.660. The molecule has 12 heteroatoms. The van der Waals surface area contributed by atoms with Crippen LogP contribution in [0.5, 0.6) is 0 Å². The summed E-state index contributed by atoms with van der Waals surface area (Å²) in [5, 5.41) is 7.16. The van der Waals surface area contributed by atoms with Crippen molar-refractivity contribution in [2.24, 2.45) is 0 Å². The first-order valence-electron chi connectivity index (χ1n) is 8.38. The maximum Gasteiger partial charge on any atom is 0.349 e. The molecule has 1 saturated heterocycles. The molecule has 0 amide bonds. The van der Waals surface area contributed by atoms with Crippen LogP contribution >= 0.6 is 0 Å². The Morgan fingerprint density at radius 1 is 1.26 bits per heavy atom. The number of benzene rings is 1. The Hall–Kier alpha value is -1.86. The van der Waals surface area contributed by atoms with E-state index in [2.05, 4.69) is 15.5 Å². The molecule has 0 saturated carbocycles. The maximum atomic E-state index is 12.6. The summed E-state index contributed by atoms with van der Waals surface area (Å²) in [4.78, 5) is 4.06. The third-order valence-corrected chi connectivity index (χ3v) is 7.87. The van der Waals surface area contributed by atoms with Gasteiger partial charge in [-0.2, -0.15) is 13.4 Å². The minimum atomic E-state index is -4.92. The number of hydrogen-bond donors (Lipinski definition) is 2. The third-order valence-electron chi connectivity index (χ3n) is 4.30. The zero-order valence-corrected chi connectivity index (χ0v) is 16.2. The molecule has 0 unspecified atom stereocenters. The number of hydrogen-bond acceptors (Lipinski definition) is 8. The molecule has 148 valence electrons. The number of nitrogens with one attached hydrogen (secondary N) is 1. The van der Waals surface area contributed by atoms with Crippen LogP contribution in [0.15, 0.2) is 33.7 Å². The summed E-state index contributed by atoms with van der Waals surface area (Å²) in [6.07, 6.45) is 1.74. The highest BCUT2D eigenvalue weighted by Gasteiger charge is 2.33. The predicted molar refractivity (Wildman–Crippen MR) is 95.7 cm³/mol. The zero-order valence-electron chi connectivity index (χ0n) is 14.6. The van der Waals surface area contributed by atoms with Gasteiger partial charge in [-0.1, -0.05) is 27.9 Å². The largest absolute Gasteiger partial charge is 0.349 e. The highest BCUT2D eigenvalue weighted by Crippen LogP contribution is 2.27. The van der Waals surface area contributed by atoms with Gasteiger partial charge in [0.15, 0.2) is 0 Å². The summed E-state index contributed by atoms with van der Waals surface area (Å²) in [6, 6.07) is 5.53. The Morgan fingerprint density at radius 3 is 2.59 bits per heavy atom. The van der Waals surface area contributed by atoms with E-state index in [9.17, 15) is 21.4 Å². The van der Waals surface area contributed by atoms with Gasteiger partial charge < -0.3 is 9.84 Å². The van der Waals surface area contributed by atoms with E-state index in [0.717, 1.165) is 25.9 Å². The van der Waals surface area contributed by atoms with Crippen molar-refractivity contribution in [3.8, 4) is 11.4 Å². The molecule has 3 rings (SSSR count). The fourth-order valence-corrected chi connectivity index (χ4v) is 5.64. The van der Waals surface area contributed by atoms with Crippen LogP contribution in [0.3, 0.4) is 0 Å². The molecular formula is C15H20N4O6S2. The molecule has 27 heavy (non-hydrogen) atoms. The fraction of sp³-hybridized carbons (Fsp3) is 0.467. The van der Waals surface area contributed by atoms with E-state index in [-0.39, 0.29) is 20.3 Å². The van der Waals surface area contributed by atoms with Gasteiger partial charge in [0.25, 0.3) is 10.0 Å². The predicted octanol–water partition coefficient (Wildman–Crippen LogP) is 1.02. The number of aromatic nitrogens is 2. The Labute approximate surface area is 157 Å². The lowest BCUT2D eigenvalue weighted by molar-refractivity contribution is 0.320. The van der Waals surface area contributed by atoms with E-state index >= 15 is 0 Å². The molecule has 0 atom stereocenters. The summed E-state index contributed by atoms with van der Waals surface area (Å²) < 4.78 is 62.4. The normalized spacial score (nSPS) is 16.7. The van der Waals surface area contributed by atoms with Gasteiger partial charge >= 0.3 is 10.3 Å². The van der Waals surface area contributed by atoms with Crippen LogP contribution in [0.2, 0.25) is 0 Å². The first-order valence-corrected chi connectivity index (χ1v) is 11.2. The molecule has 1 aliphatic heterocycles. The van der Waals surface area contributed by atoms with Crippen molar-refractivity contribution in [2.75, 3.05) is 19.6 Å². The summed E-state index contributed by atoms with van der Waals surface area (Å²) >= 11 is 0. The Kier molecular flexibility index (Phi) is 5.63. The van der Waals surface area contributed by atoms with Crippen molar-refractivity contribution in [3.63, 3.8) is 0 Å². The van der Waals surface area contributed by atoms with Crippen LogP contribution in [0.4, 0.5) is 0 Å². The van der Waals surface area contributed by atoms with E-state index < -0.39 is 26.9 Å². The van der Waals surface area contributed by atoms with Gasteiger partial charge in [-0.05, 0) is 38.1 Å². The van der Waals surface area contributed by atoms with Crippen LogP contribution in [0.1, 0.15) is 31.6 Å². The highest BCUT2D eigenvalue weighted by molar-refractivity contribution is 8.01. The summed E-state index contributed by atoms with van der Waals surface area (Å²) in [5.74, 6) is 0.859. The summed E-state index contributed by atoms with van der Waals surface area (Å²) in [5.41, 5.74) is 0.367. The van der Waals surface area contributed by atoms with Crippen molar-refractivity contribution in [3.05, 3.63) is 30.2 Å². The number of sulfonamides is 1. The lowest BCUT2D eigenvalue weighted by Gasteiger charge is -2.18. The smallest absolute Gasteiger partial charge is 0.339 e. The van der Waals surface area contributed by atoms with Crippen LogP contribution < -0.4 is 5.32 Å². The number of piperidine rings is 1. The molecule has 1 aliphatic rings. The van der Waals surface area contributed by atoms with Crippen molar-refractivity contribution in [1.82, 2.24) is 19.2 Å². The molecular weight excluding hydrogens is 396 g/mol. The van der Waals surface area contributed by atoms with Gasteiger partial charge in [-0.15, -0.1) is 0 Å². The average Bonchev–Trinajstić information content (AvgIpc) is 3.12. The topological polar surface area (TPSA) is 143 Å². The number of rotatable bonds is 6. The van der Waals surface area contributed by atoms with Crippen molar-refractivity contribution in [2.45, 2.75) is 30.6 Å². The molecule has 1 aromatic heterocycles. The second kappa shape index (κ2) is 7.64. The third kappa shape index (κ3) is 4.19. The van der Waals surface area contributed by atoms with Crippen molar-refractivity contribution in [1.29, 1.82) is 0 Å². The fourth-order valence-electron chi connectivity index (χ4n) is 2.96. The van der Waals surface area contributed by atoms with E-state index in [1.165, 1.54) is 25.1 Å². The molecule has 0 bridgehead atoms. The highest BCUT2D eigenvalue weighted by atomic mass is 32.3. The van der Waals surface area contributed by atoms with Gasteiger partial charge in [0.05, 0.1) is 4.90 Å². The maximum absolute atomic E-state index is 12.6. The second-order valence-electron chi connectivity index (χ2n) is 6.08. The van der Waals surface area contributed by atoms with Crippen molar-refractivity contribution >= 4 is 20.3 Å². The number of nitrogens with zero attached hydrogens (tertiary/aromatic N) is 3. The summed E-state index contributed by atoms with van der Waals surface area (Å²) in [6.45, 7) is 2.59. The lowest BCUT2D eigenvalue weighted by Crippen LogP contribution is -2.36. The van der Waals surface area contributed by atoms with Crippen molar-refractivity contribution < 1.29 is 25.9 Å². The van der Waals surface area contributed by atoms with Crippen LogP contribution in [0, 0.1) is 0 Å². The molecule has 0 spiro atoms. The van der Waals surface area contributed by atoms with E-state index in [1.54, 1.807) is 6.07 Å². The second-order valence-corrected chi connectivity index (χ2v) is 9.51. The first-order chi connectivity index (χ1) is 12.7. The average molecular weight is 416 g/mol. The standard InChI is InChI=1S/C15H20N4O6S2/c1-2-19(27(22,23)24)26(20,21)13-5-3-4-12(10-13)14-17-15(25-18-14)11-6-8-16-9-7-11/h3-5,10-11,16H,2,6-9H2,1H3,(H,22,23,24). The molecule has 10 nitrogen and oxygen atoms in total. The van der Waals surface area contributed by atoms with Gasteiger partial charge in [0.2, 0.25) is 11.7 Å². The Morgan fingerprint density at radius 2 is 1.96 bits per heavy atom. The van der Waals surface area contributed by atoms with E-state index in [1.807, 2.05) is 0 Å². The molecule has 1 fully saturated rings. The molecule has 1 aromatic carbocycles. The zero-order chi connectivity index (χ0) is 19.7. The molecule has 2 N–H and O–H groups in total. The molecule has 2 aromatic rings. The lowest BCUT2D eigenvalue weighted by atomic mass is 9.98. The van der Waals surface area contributed by atoms with Gasteiger partial charge in [-0.3, -0.25) is 4.55 Å². The molecule has 0 radical (unpaired) electrons. The minimum Gasteiger partial charge on any atom is -0.339 e. The summed E-state index contributed by atoms with van der Waals surface area (Å²) in [7, 11) is -9.37. The Balaban J connectivity index is 1.93. The SMILES string of the molecule is CCN(S(=O)(=O)O)S(=O)(=O)c1cccc(-c2noc(C3CCNCC3)n2)c1. The van der Waals surface area contributed by atoms with Gasteiger partial charge in [0, 0.05) is 18.0 Å². The minimum absolute atomic E-state index is 0.0236. The van der Waals surface area contributed by atoms with Gasteiger partial charge in [0.1, 0.15) is 0 Å². The molecule has 0 aliphatic carbocycles. The van der Waals surface area contributed by atoms with E-state index in [0.29, 0.717) is 11.5 Å². The van der Waals surface area contributed by atoms with E-state index in [4.69, 9.17) is 4.52 Å². The Bertz CT molecular complexity index is 1010.